The van der Waals surface area contributed by atoms with Gasteiger partial charge in [-0.2, -0.15) is 5.10 Å². The van der Waals surface area contributed by atoms with Crippen molar-refractivity contribution in [3.05, 3.63) is 47.8 Å². The Kier molecular flexibility index (Phi) is 4.42. The molecule has 5 nitrogen and oxygen atoms in total. The van der Waals surface area contributed by atoms with Crippen LogP contribution in [-0.4, -0.2) is 22.3 Å². The van der Waals surface area contributed by atoms with Crippen molar-refractivity contribution in [1.29, 1.82) is 0 Å². The Hall–Kier alpha value is -2.30. The lowest BCUT2D eigenvalue weighted by Gasteiger charge is -2.29. The molecule has 3 rings (SSSR count). The second-order valence-electron chi connectivity index (χ2n) is 5.97. The van der Waals surface area contributed by atoms with Gasteiger partial charge in [0.25, 0.3) is 0 Å². The molecular weight excluding hydrogens is 276 g/mol. The predicted molar refractivity (Wildman–Crippen MR) is 86.9 cm³/mol. The van der Waals surface area contributed by atoms with Crippen LogP contribution in [0.2, 0.25) is 0 Å². The molecule has 0 spiro atoms. The van der Waals surface area contributed by atoms with E-state index in [4.69, 9.17) is 0 Å². The van der Waals surface area contributed by atoms with E-state index < -0.39 is 0 Å². The molecule has 1 aliphatic carbocycles. The Morgan fingerprint density at radius 1 is 1.18 bits per heavy atom. The number of aryl methyl sites for hydroxylation is 1. The summed E-state index contributed by atoms with van der Waals surface area (Å²) in [5, 5.41) is 12.6. The lowest BCUT2D eigenvalue weighted by atomic mass is 9.82. The average Bonchev–Trinajstić information content (AvgIpc) is 2.94. The number of rotatable bonds is 3. The van der Waals surface area contributed by atoms with Gasteiger partial charge in [-0.25, -0.2) is 4.79 Å². The van der Waals surface area contributed by atoms with Crippen molar-refractivity contribution in [1.82, 2.24) is 15.5 Å². The maximum Gasteiger partial charge on any atom is 0.319 e. The number of nitrogens with zero attached hydrogens (tertiary/aromatic N) is 1. The van der Waals surface area contributed by atoms with E-state index in [9.17, 15) is 4.79 Å². The molecule has 0 atom stereocenters. The molecule has 0 aliphatic heterocycles. The molecule has 1 aromatic carbocycles. The largest absolute Gasteiger partial charge is 0.335 e. The van der Waals surface area contributed by atoms with Crippen LogP contribution < -0.4 is 10.6 Å². The van der Waals surface area contributed by atoms with Crippen molar-refractivity contribution in [2.75, 3.05) is 5.32 Å². The lowest BCUT2D eigenvalue weighted by Crippen LogP contribution is -2.40. The number of carbonyl (C=O) groups excluding carboxylic acids is 1. The zero-order valence-electron chi connectivity index (χ0n) is 12.8. The van der Waals surface area contributed by atoms with Gasteiger partial charge in [0.05, 0.1) is 17.6 Å². The monoisotopic (exact) mass is 298 g/mol. The van der Waals surface area contributed by atoms with Crippen molar-refractivity contribution in [2.24, 2.45) is 0 Å². The highest BCUT2D eigenvalue weighted by Crippen LogP contribution is 2.32. The van der Waals surface area contributed by atoms with E-state index in [0.29, 0.717) is 5.92 Å². The number of hydrogen-bond donors (Lipinski definition) is 3. The third-order valence-electron chi connectivity index (χ3n) is 4.41. The highest BCUT2D eigenvalue weighted by Gasteiger charge is 2.23. The fourth-order valence-electron chi connectivity index (χ4n) is 3.12. The van der Waals surface area contributed by atoms with E-state index in [2.05, 4.69) is 51.2 Å². The first kappa shape index (κ1) is 14.6. The Bertz CT molecular complexity index is 615. The number of H-pyrrole nitrogens is 1. The maximum absolute atomic E-state index is 12.0. The molecule has 5 heteroatoms. The van der Waals surface area contributed by atoms with Crippen LogP contribution in [0, 0.1) is 6.92 Å². The van der Waals surface area contributed by atoms with Gasteiger partial charge in [-0.05, 0) is 44.1 Å². The van der Waals surface area contributed by atoms with Gasteiger partial charge >= 0.3 is 6.03 Å². The first-order valence-corrected chi connectivity index (χ1v) is 7.85. The van der Waals surface area contributed by atoms with Crippen LogP contribution in [0.4, 0.5) is 10.5 Å². The number of carbonyl (C=O) groups is 1. The van der Waals surface area contributed by atoms with Gasteiger partial charge < -0.3 is 10.6 Å². The second kappa shape index (κ2) is 6.64. The summed E-state index contributed by atoms with van der Waals surface area (Å²) in [6.07, 6.45) is 5.93. The van der Waals surface area contributed by atoms with E-state index in [0.717, 1.165) is 37.1 Å². The molecule has 2 aromatic rings. The minimum Gasteiger partial charge on any atom is -0.335 e. The van der Waals surface area contributed by atoms with E-state index in [1.807, 2.05) is 6.92 Å². The lowest BCUT2D eigenvalue weighted by molar-refractivity contribution is 0.242. The number of urea groups is 1. The minimum atomic E-state index is -0.146. The van der Waals surface area contributed by atoms with Gasteiger partial charge in [0.1, 0.15) is 0 Å². The van der Waals surface area contributed by atoms with E-state index >= 15 is 0 Å². The fraction of sp³-hybridized carbons (Fsp3) is 0.412. The average molecular weight is 298 g/mol. The van der Waals surface area contributed by atoms with Crippen LogP contribution in [0.5, 0.6) is 0 Å². The summed E-state index contributed by atoms with van der Waals surface area (Å²) in [4.78, 5) is 12.0. The van der Waals surface area contributed by atoms with Crippen LogP contribution in [0.3, 0.4) is 0 Å². The van der Waals surface area contributed by atoms with Gasteiger partial charge in [-0.15, -0.1) is 0 Å². The number of aromatic nitrogens is 2. The Morgan fingerprint density at radius 2 is 1.91 bits per heavy atom. The first-order valence-electron chi connectivity index (χ1n) is 7.85. The minimum absolute atomic E-state index is 0.146. The number of amides is 2. The first-order chi connectivity index (χ1) is 10.7. The molecule has 0 bridgehead atoms. The Labute approximate surface area is 130 Å². The third-order valence-corrected chi connectivity index (χ3v) is 4.41. The number of anilines is 1. The van der Waals surface area contributed by atoms with Crippen molar-refractivity contribution in [3.8, 4) is 0 Å². The van der Waals surface area contributed by atoms with Crippen molar-refractivity contribution in [2.45, 2.75) is 44.6 Å². The maximum atomic E-state index is 12.0. The second-order valence-corrected chi connectivity index (χ2v) is 5.97. The molecule has 1 heterocycles. The summed E-state index contributed by atoms with van der Waals surface area (Å²) in [5.41, 5.74) is 3.01. The molecule has 22 heavy (non-hydrogen) atoms. The smallest absolute Gasteiger partial charge is 0.319 e. The highest BCUT2D eigenvalue weighted by molar-refractivity contribution is 5.89. The summed E-state index contributed by atoms with van der Waals surface area (Å²) in [6.45, 7) is 1.88. The van der Waals surface area contributed by atoms with E-state index in [1.54, 1.807) is 6.20 Å². The van der Waals surface area contributed by atoms with Crippen LogP contribution in [0.15, 0.2) is 36.5 Å². The van der Waals surface area contributed by atoms with Gasteiger partial charge in [-0.1, -0.05) is 30.3 Å². The van der Waals surface area contributed by atoms with Crippen molar-refractivity contribution >= 4 is 11.7 Å². The molecule has 0 radical (unpaired) electrons. The number of nitrogens with one attached hydrogen (secondary N) is 3. The van der Waals surface area contributed by atoms with Gasteiger partial charge in [0.15, 0.2) is 0 Å². The molecule has 0 unspecified atom stereocenters. The van der Waals surface area contributed by atoms with Crippen LogP contribution >= 0.6 is 0 Å². The quantitative estimate of drug-likeness (QED) is 0.810. The summed E-state index contributed by atoms with van der Waals surface area (Å²) >= 11 is 0. The molecule has 1 saturated carbocycles. The number of benzene rings is 1. The molecular formula is C17H22N4O. The van der Waals surface area contributed by atoms with Gasteiger partial charge in [0, 0.05) is 6.04 Å². The van der Waals surface area contributed by atoms with Gasteiger partial charge in [-0.3, -0.25) is 5.10 Å². The normalized spacial score (nSPS) is 21.3. The van der Waals surface area contributed by atoms with E-state index in [-0.39, 0.29) is 12.1 Å². The van der Waals surface area contributed by atoms with E-state index in [1.165, 1.54) is 5.56 Å². The molecule has 1 aromatic heterocycles. The summed E-state index contributed by atoms with van der Waals surface area (Å²) in [6, 6.07) is 10.8. The van der Waals surface area contributed by atoms with Crippen LogP contribution in [0.1, 0.15) is 42.9 Å². The molecule has 3 N–H and O–H groups in total. The Balaban J connectivity index is 1.48. The number of aromatic amines is 1. The summed E-state index contributed by atoms with van der Waals surface area (Å²) in [7, 11) is 0. The topological polar surface area (TPSA) is 69.8 Å². The molecule has 1 fully saturated rings. The number of hydrogen-bond acceptors (Lipinski definition) is 2. The van der Waals surface area contributed by atoms with Crippen LogP contribution in [-0.2, 0) is 0 Å². The zero-order chi connectivity index (χ0) is 15.4. The molecule has 1 aliphatic rings. The molecule has 0 saturated heterocycles. The molecule has 116 valence electrons. The highest BCUT2D eigenvalue weighted by atomic mass is 16.2. The molecule has 2 amide bonds. The fourth-order valence-corrected chi connectivity index (χ4v) is 3.12. The standard InChI is InChI=1S/C17H22N4O/c1-12-16(11-18-21-12)20-17(22)19-15-9-7-14(8-10-15)13-5-3-2-4-6-13/h2-6,11,14-15H,7-10H2,1H3,(H,18,21)(H2,19,20,22). The van der Waals surface area contributed by atoms with Crippen molar-refractivity contribution in [3.63, 3.8) is 0 Å². The zero-order valence-corrected chi connectivity index (χ0v) is 12.8. The predicted octanol–water partition coefficient (Wildman–Crippen LogP) is 3.57. The third kappa shape index (κ3) is 3.47. The van der Waals surface area contributed by atoms with Crippen molar-refractivity contribution < 1.29 is 4.79 Å². The Morgan fingerprint density at radius 3 is 2.55 bits per heavy atom. The SMILES string of the molecule is Cc1[nH]ncc1NC(=O)NC1CCC(c2ccccc2)CC1. The van der Waals surface area contributed by atoms with Crippen LogP contribution in [0.25, 0.3) is 0 Å². The van der Waals surface area contributed by atoms with Gasteiger partial charge in [0.2, 0.25) is 0 Å². The summed E-state index contributed by atoms with van der Waals surface area (Å²) < 4.78 is 0. The summed E-state index contributed by atoms with van der Waals surface area (Å²) in [5.74, 6) is 0.624.